The number of ether oxygens (including phenoxy) is 1. The minimum atomic E-state index is -1.10. The van der Waals surface area contributed by atoms with Crippen molar-refractivity contribution < 1.29 is 18.3 Å². The van der Waals surface area contributed by atoms with Crippen molar-refractivity contribution >= 4 is 17.6 Å². The van der Waals surface area contributed by atoms with E-state index in [9.17, 15) is 4.79 Å². The Hall–Kier alpha value is -4.62. The van der Waals surface area contributed by atoms with E-state index in [1.165, 1.54) is 16.8 Å². The van der Waals surface area contributed by atoms with Crippen molar-refractivity contribution in [2.24, 2.45) is 7.05 Å². The Morgan fingerprint density at radius 2 is 1.63 bits per heavy atom. The average molecular weight is 595 g/mol. The van der Waals surface area contributed by atoms with Crippen LogP contribution in [-0.4, -0.2) is 83.3 Å². The quantitative estimate of drug-likeness (QED) is 0.352. The number of hydrogen-bond donors (Lipinski definition) is 1. The van der Waals surface area contributed by atoms with E-state index < -0.39 is 23.3 Å². The monoisotopic (exact) mass is 594 g/mol. The first-order chi connectivity index (χ1) is 20.2. The average Bonchev–Trinajstić information content (AvgIpc) is 3.58. The molecule has 12 nitrogen and oxygen atoms in total. The van der Waals surface area contributed by atoms with Gasteiger partial charge in [0, 0.05) is 62.3 Å². The van der Waals surface area contributed by atoms with Gasteiger partial charge in [0.05, 0.1) is 17.4 Å². The number of nitrogens with one attached hydrogen (secondary N) is 1. The third-order valence-corrected chi connectivity index (χ3v) is 6.67. The van der Waals surface area contributed by atoms with Crippen LogP contribution in [0, 0.1) is 11.6 Å². The van der Waals surface area contributed by atoms with Crippen LogP contribution in [0.15, 0.2) is 36.8 Å². The summed E-state index contributed by atoms with van der Waals surface area (Å²) >= 11 is 0. The van der Waals surface area contributed by atoms with Gasteiger partial charge in [-0.1, -0.05) is 0 Å². The summed E-state index contributed by atoms with van der Waals surface area (Å²) in [6.45, 7) is 12.6. The van der Waals surface area contributed by atoms with Crippen molar-refractivity contribution in [3.05, 3.63) is 48.4 Å². The Bertz CT molecular complexity index is 1630. The van der Waals surface area contributed by atoms with Gasteiger partial charge in [0.1, 0.15) is 17.1 Å². The van der Waals surface area contributed by atoms with Crippen molar-refractivity contribution in [3.8, 4) is 28.2 Å². The number of aryl methyl sites for hydroxylation is 1. The van der Waals surface area contributed by atoms with E-state index in [4.69, 9.17) is 4.74 Å². The number of halogens is 2. The van der Waals surface area contributed by atoms with Gasteiger partial charge in [-0.05, 0) is 70.2 Å². The van der Waals surface area contributed by atoms with E-state index in [0.29, 0.717) is 37.6 Å². The number of aromatic nitrogens is 7. The molecule has 0 aliphatic carbocycles. The highest BCUT2D eigenvalue weighted by Gasteiger charge is 2.29. The molecule has 0 atom stereocenters. The van der Waals surface area contributed by atoms with Gasteiger partial charge in [-0.25, -0.2) is 18.6 Å². The van der Waals surface area contributed by atoms with Gasteiger partial charge >= 0.3 is 6.09 Å². The number of carbonyl (C=O) groups is 1. The van der Waals surface area contributed by atoms with E-state index in [-0.39, 0.29) is 22.7 Å². The molecule has 43 heavy (non-hydrogen) atoms. The summed E-state index contributed by atoms with van der Waals surface area (Å²) in [5, 5.41) is 19.6. The molecule has 1 saturated heterocycles. The predicted molar refractivity (Wildman–Crippen MR) is 158 cm³/mol. The number of anilines is 2. The van der Waals surface area contributed by atoms with E-state index in [1.807, 2.05) is 40.1 Å². The summed E-state index contributed by atoms with van der Waals surface area (Å²) in [6, 6.07) is 4.79. The number of rotatable bonds is 5. The maximum Gasteiger partial charge on any atom is 0.410 e. The molecule has 1 fully saturated rings. The molecule has 228 valence electrons. The molecule has 0 unspecified atom stereocenters. The van der Waals surface area contributed by atoms with Crippen LogP contribution in [-0.2, 0) is 11.8 Å². The molecule has 4 heterocycles. The molecule has 1 aromatic carbocycles. The molecule has 1 aliphatic rings. The number of nitrogens with zero attached hydrogens (tertiary/aromatic N) is 9. The molecule has 0 spiro atoms. The molecule has 3 aromatic heterocycles. The number of hydrogen-bond acceptors (Lipinski definition) is 9. The van der Waals surface area contributed by atoms with Crippen LogP contribution < -0.4 is 10.2 Å². The number of piperazine rings is 1. The van der Waals surface area contributed by atoms with Crippen LogP contribution in [0.1, 0.15) is 41.5 Å². The minimum absolute atomic E-state index is 0.0926. The molecule has 4 aromatic rings. The summed E-state index contributed by atoms with van der Waals surface area (Å²) in [4.78, 5) is 20.3. The molecule has 0 bridgehead atoms. The zero-order valence-corrected chi connectivity index (χ0v) is 25.4. The molecule has 5 rings (SSSR count). The van der Waals surface area contributed by atoms with Gasteiger partial charge in [0.15, 0.2) is 17.5 Å². The second-order valence-corrected chi connectivity index (χ2v) is 12.5. The fraction of sp³-hybridized carbons (Fsp3) is 0.448. The standard InChI is InChI=1S/C29H36F2N10O2/c1-28(2,3)34-25-20(14-18(15-32-25)19-16-33-38(7)17-19)26-35-36-37-41(26)22-9-8-21(23(30)24(22)31)39-10-12-40(13-11-39)27(42)43-29(4,5)6/h8-9,14-17H,10-13H2,1-7H3,(H,32,34). The number of tetrazole rings is 1. The van der Waals surface area contributed by atoms with Gasteiger partial charge in [-0.15, -0.1) is 5.10 Å². The van der Waals surface area contributed by atoms with Crippen LogP contribution >= 0.6 is 0 Å². The van der Waals surface area contributed by atoms with Crippen molar-refractivity contribution in [2.75, 3.05) is 36.4 Å². The lowest BCUT2D eigenvalue weighted by Crippen LogP contribution is -2.50. The first kappa shape index (κ1) is 29.9. The van der Waals surface area contributed by atoms with Crippen LogP contribution in [0.3, 0.4) is 0 Å². The second kappa shape index (κ2) is 11.2. The zero-order valence-electron chi connectivity index (χ0n) is 25.4. The van der Waals surface area contributed by atoms with Gasteiger partial charge < -0.3 is 19.9 Å². The largest absolute Gasteiger partial charge is 0.444 e. The molecule has 0 radical (unpaired) electrons. The maximum absolute atomic E-state index is 15.7. The van der Waals surface area contributed by atoms with Crippen LogP contribution in [0.2, 0.25) is 0 Å². The van der Waals surface area contributed by atoms with Crippen LogP contribution in [0.25, 0.3) is 28.2 Å². The highest BCUT2D eigenvalue weighted by Crippen LogP contribution is 2.34. The summed E-state index contributed by atoms with van der Waals surface area (Å²) < 4.78 is 39.6. The maximum atomic E-state index is 15.7. The lowest BCUT2D eigenvalue weighted by molar-refractivity contribution is 0.0240. The lowest BCUT2D eigenvalue weighted by Gasteiger charge is -2.36. The third kappa shape index (κ3) is 6.57. The van der Waals surface area contributed by atoms with Crippen molar-refractivity contribution in [3.63, 3.8) is 0 Å². The van der Waals surface area contributed by atoms with E-state index >= 15 is 8.78 Å². The summed E-state index contributed by atoms with van der Waals surface area (Å²) in [7, 11) is 1.82. The summed E-state index contributed by atoms with van der Waals surface area (Å²) in [6.07, 6.45) is 4.84. The highest BCUT2D eigenvalue weighted by atomic mass is 19.2. The van der Waals surface area contributed by atoms with Crippen molar-refractivity contribution in [1.29, 1.82) is 0 Å². The Kier molecular flexibility index (Phi) is 7.80. The van der Waals surface area contributed by atoms with Crippen LogP contribution in [0.5, 0.6) is 0 Å². The second-order valence-electron chi connectivity index (χ2n) is 12.5. The smallest absolute Gasteiger partial charge is 0.410 e. The van der Waals surface area contributed by atoms with E-state index in [0.717, 1.165) is 11.1 Å². The van der Waals surface area contributed by atoms with Gasteiger partial charge in [-0.2, -0.15) is 9.78 Å². The molecule has 14 heteroatoms. The minimum Gasteiger partial charge on any atom is -0.444 e. The number of pyridine rings is 1. The molecule has 1 amide bonds. The Labute approximate surface area is 248 Å². The third-order valence-electron chi connectivity index (χ3n) is 6.67. The van der Waals surface area contributed by atoms with E-state index in [2.05, 4.69) is 30.9 Å². The lowest BCUT2D eigenvalue weighted by atomic mass is 10.1. The topological polar surface area (TPSA) is 119 Å². The Morgan fingerprint density at radius 1 is 0.953 bits per heavy atom. The summed E-state index contributed by atoms with van der Waals surface area (Å²) in [5.74, 6) is -1.46. The Morgan fingerprint density at radius 3 is 2.26 bits per heavy atom. The van der Waals surface area contributed by atoms with Gasteiger partial charge in [0.25, 0.3) is 0 Å². The molecule has 1 aliphatic heterocycles. The van der Waals surface area contributed by atoms with Crippen LogP contribution in [0.4, 0.5) is 25.1 Å². The fourth-order valence-electron chi connectivity index (χ4n) is 4.73. The van der Waals surface area contributed by atoms with Gasteiger partial charge in [0.2, 0.25) is 0 Å². The summed E-state index contributed by atoms with van der Waals surface area (Å²) in [5.41, 5.74) is 1.05. The fourth-order valence-corrected chi connectivity index (χ4v) is 4.73. The SMILES string of the molecule is Cn1cc(-c2cnc(NC(C)(C)C)c(-c3nnnn3-c3ccc(N4CCN(C(=O)OC(C)(C)C)CC4)c(F)c3F)c2)cn1. The zero-order chi connectivity index (χ0) is 31.1. The predicted octanol–water partition coefficient (Wildman–Crippen LogP) is 4.67. The Balaban J connectivity index is 1.46. The normalized spacial score (nSPS) is 14.3. The molecular weight excluding hydrogens is 558 g/mol. The van der Waals surface area contributed by atoms with Gasteiger partial charge in [-0.3, -0.25) is 4.68 Å². The number of carbonyl (C=O) groups excluding carboxylic acids is 1. The van der Waals surface area contributed by atoms with Crippen molar-refractivity contribution in [1.82, 2.24) is 39.9 Å². The number of benzene rings is 1. The first-order valence-electron chi connectivity index (χ1n) is 14.0. The number of amides is 1. The first-order valence-corrected chi connectivity index (χ1v) is 14.0. The molecule has 1 N–H and O–H groups in total. The van der Waals surface area contributed by atoms with Crippen molar-refractivity contribution in [2.45, 2.75) is 52.7 Å². The molecular formula is C29H36F2N10O2. The highest BCUT2D eigenvalue weighted by molar-refractivity contribution is 5.78. The van der Waals surface area contributed by atoms with E-state index in [1.54, 1.807) is 47.6 Å². The molecule has 0 saturated carbocycles.